The summed E-state index contributed by atoms with van der Waals surface area (Å²) in [4.78, 5) is 10.8. The molecule has 0 saturated carbocycles. The second-order valence-corrected chi connectivity index (χ2v) is 4.62. The van der Waals surface area contributed by atoms with Gasteiger partial charge in [0.15, 0.2) is 0 Å². The maximum Gasteiger partial charge on any atom is 0.323 e. The number of aliphatic carboxylic acids is 1. The molecule has 14 heavy (non-hydrogen) atoms. The van der Waals surface area contributed by atoms with Crippen LogP contribution in [0.3, 0.4) is 0 Å². The number of hydrogen-bond donors (Lipinski definition) is 2. The highest BCUT2D eigenvalue weighted by Crippen LogP contribution is 2.17. The molecule has 0 aromatic carbocycles. The number of carbonyl (C=O) groups is 1. The van der Waals surface area contributed by atoms with Crippen molar-refractivity contribution in [1.82, 2.24) is 5.32 Å². The van der Waals surface area contributed by atoms with E-state index in [1.165, 1.54) is 7.11 Å². The van der Waals surface area contributed by atoms with Gasteiger partial charge in [0.25, 0.3) is 0 Å². The van der Waals surface area contributed by atoms with Gasteiger partial charge in [-0.05, 0) is 24.3 Å². The molecule has 1 saturated heterocycles. The van der Waals surface area contributed by atoms with Crippen LogP contribution in [0.2, 0.25) is 0 Å². The van der Waals surface area contributed by atoms with Gasteiger partial charge in [0.2, 0.25) is 0 Å². The topological polar surface area (TPSA) is 58.6 Å². The highest BCUT2D eigenvalue weighted by Gasteiger charge is 2.22. The average molecular weight is 219 g/mol. The first-order chi connectivity index (χ1) is 6.74. The number of hydrogen-bond acceptors (Lipinski definition) is 4. The van der Waals surface area contributed by atoms with Gasteiger partial charge < -0.3 is 9.84 Å². The third-order valence-corrected chi connectivity index (χ3v) is 3.34. The van der Waals surface area contributed by atoms with Crippen LogP contribution in [0.25, 0.3) is 0 Å². The van der Waals surface area contributed by atoms with Gasteiger partial charge in [0, 0.05) is 13.2 Å². The molecule has 5 heteroatoms. The van der Waals surface area contributed by atoms with Crippen molar-refractivity contribution in [2.45, 2.75) is 24.9 Å². The van der Waals surface area contributed by atoms with Crippen LogP contribution < -0.4 is 5.32 Å². The highest BCUT2D eigenvalue weighted by molar-refractivity contribution is 7.99. The SMILES string of the molecule is COCC(NC1CCSCC1)C(=O)O. The standard InChI is InChI=1S/C9H17NO3S/c1-13-6-8(9(11)12)10-7-2-4-14-5-3-7/h7-8,10H,2-6H2,1H3,(H,11,12). The summed E-state index contributed by atoms with van der Waals surface area (Å²) in [7, 11) is 1.52. The van der Waals surface area contributed by atoms with Crippen molar-refractivity contribution >= 4 is 17.7 Å². The van der Waals surface area contributed by atoms with Gasteiger partial charge in [0.05, 0.1) is 6.61 Å². The number of ether oxygens (including phenoxy) is 1. The van der Waals surface area contributed by atoms with E-state index in [0.29, 0.717) is 6.04 Å². The zero-order valence-electron chi connectivity index (χ0n) is 8.36. The Hall–Kier alpha value is -0.260. The minimum Gasteiger partial charge on any atom is -0.480 e. The van der Waals surface area contributed by atoms with Gasteiger partial charge in [-0.15, -0.1) is 0 Å². The summed E-state index contributed by atoms with van der Waals surface area (Å²) in [6.07, 6.45) is 2.11. The Morgan fingerprint density at radius 1 is 1.64 bits per heavy atom. The third kappa shape index (κ3) is 3.86. The molecule has 1 unspecified atom stereocenters. The van der Waals surface area contributed by atoms with Crippen LogP contribution in [0.5, 0.6) is 0 Å². The van der Waals surface area contributed by atoms with Crippen molar-refractivity contribution in [1.29, 1.82) is 0 Å². The first kappa shape index (κ1) is 11.8. The predicted molar refractivity (Wildman–Crippen MR) is 56.8 cm³/mol. The predicted octanol–water partition coefficient (Wildman–Crippen LogP) is 0.571. The van der Waals surface area contributed by atoms with Crippen LogP contribution in [0.4, 0.5) is 0 Å². The summed E-state index contributed by atoms with van der Waals surface area (Å²) in [6.45, 7) is 0.235. The van der Waals surface area contributed by atoms with Crippen LogP contribution in [-0.2, 0) is 9.53 Å². The fraction of sp³-hybridized carbons (Fsp3) is 0.889. The van der Waals surface area contributed by atoms with E-state index in [1.807, 2.05) is 11.8 Å². The third-order valence-electron chi connectivity index (χ3n) is 2.29. The minimum atomic E-state index is -0.829. The average Bonchev–Trinajstić information content (AvgIpc) is 2.18. The van der Waals surface area contributed by atoms with Crippen molar-refractivity contribution < 1.29 is 14.6 Å². The summed E-state index contributed by atoms with van der Waals surface area (Å²) in [5, 5.41) is 12.0. The molecule has 1 aliphatic heterocycles. The Bertz CT molecular complexity index is 183. The lowest BCUT2D eigenvalue weighted by molar-refractivity contribution is -0.141. The van der Waals surface area contributed by atoms with Crippen molar-refractivity contribution in [3.05, 3.63) is 0 Å². The molecule has 0 spiro atoms. The van der Waals surface area contributed by atoms with Crippen molar-refractivity contribution in [2.24, 2.45) is 0 Å². The lowest BCUT2D eigenvalue weighted by atomic mass is 10.1. The first-order valence-corrected chi connectivity index (χ1v) is 5.95. The van der Waals surface area contributed by atoms with Gasteiger partial charge in [0.1, 0.15) is 6.04 Å². The van der Waals surface area contributed by atoms with E-state index < -0.39 is 12.0 Å². The number of carboxylic acids is 1. The quantitative estimate of drug-likeness (QED) is 0.708. The largest absolute Gasteiger partial charge is 0.480 e. The molecule has 0 aromatic rings. The number of thioether (sulfide) groups is 1. The summed E-state index contributed by atoms with van der Waals surface area (Å²) < 4.78 is 4.86. The second-order valence-electron chi connectivity index (χ2n) is 3.40. The molecular formula is C9H17NO3S. The van der Waals surface area contributed by atoms with Crippen LogP contribution in [0.15, 0.2) is 0 Å². The number of rotatable bonds is 5. The molecule has 1 aliphatic rings. The minimum absolute atomic E-state index is 0.235. The van der Waals surface area contributed by atoms with Crippen molar-refractivity contribution in [3.8, 4) is 0 Å². The maximum absolute atomic E-state index is 10.8. The summed E-state index contributed by atoms with van der Waals surface area (Å²) >= 11 is 1.93. The molecule has 1 rings (SSSR count). The second kappa shape index (κ2) is 6.27. The normalized spacial score (nSPS) is 20.6. The van der Waals surface area contributed by atoms with Crippen molar-refractivity contribution in [2.75, 3.05) is 25.2 Å². The van der Waals surface area contributed by atoms with Crippen LogP contribution in [-0.4, -0.2) is 48.4 Å². The number of nitrogens with one attached hydrogen (secondary N) is 1. The molecule has 0 bridgehead atoms. The van der Waals surface area contributed by atoms with Crippen LogP contribution >= 0.6 is 11.8 Å². The molecule has 0 radical (unpaired) electrons. The van der Waals surface area contributed by atoms with E-state index in [1.54, 1.807) is 0 Å². The Morgan fingerprint density at radius 3 is 2.79 bits per heavy atom. The smallest absolute Gasteiger partial charge is 0.323 e. The Morgan fingerprint density at radius 2 is 2.29 bits per heavy atom. The van der Waals surface area contributed by atoms with Gasteiger partial charge in [-0.2, -0.15) is 11.8 Å². The fourth-order valence-electron chi connectivity index (χ4n) is 1.51. The van der Waals surface area contributed by atoms with E-state index >= 15 is 0 Å². The Kier molecular flexibility index (Phi) is 5.29. The van der Waals surface area contributed by atoms with Crippen molar-refractivity contribution in [3.63, 3.8) is 0 Å². The number of methoxy groups -OCH3 is 1. The Labute approximate surface area is 88.4 Å². The summed E-state index contributed by atoms with van der Waals surface area (Å²) in [6, 6.07) is -0.222. The molecular weight excluding hydrogens is 202 g/mol. The molecule has 82 valence electrons. The summed E-state index contributed by atoms with van der Waals surface area (Å²) in [5.41, 5.74) is 0. The lowest BCUT2D eigenvalue weighted by Crippen LogP contribution is -2.47. The molecule has 1 fully saturated rings. The number of carboxylic acid groups (broad SMARTS) is 1. The molecule has 1 heterocycles. The monoisotopic (exact) mass is 219 g/mol. The molecule has 0 amide bonds. The molecule has 2 N–H and O–H groups in total. The van der Waals surface area contributed by atoms with E-state index in [2.05, 4.69) is 5.32 Å². The lowest BCUT2D eigenvalue weighted by Gasteiger charge is -2.25. The zero-order valence-corrected chi connectivity index (χ0v) is 9.18. The zero-order chi connectivity index (χ0) is 10.4. The molecule has 0 aromatic heterocycles. The molecule has 4 nitrogen and oxygen atoms in total. The van der Waals surface area contributed by atoms with Gasteiger partial charge in [-0.1, -0.05) is 0 Å². The van der Waals surface area contributed by atoms with Gasteiger partial charge in [-0.3, -0.25) is 10.1 Å². The first-order valence-electron chi connectivity index (χ1n) is 4.79. The van der Waals surface area contributed by atoms with E-state index in [-0.39, 0.29) is 6.61 Å². The van der Waals surface area contributed by atoms with E-state index in [4.69, 9.17) is 9.84 Å². The fourth-order valence-corrected chi connectivity index (χ4v) is 2.61. The highest BCUT2D eigenvalue weighted by atomic mass is 32.2. The maximum atomic E-state index is 10.8. The molecule has 1 atom stereocenters. The van der Waals surface area contributed by atoms with E-state index in [9.17, 15) is 4.79 Å². The summed E-state index contributed by atoms with van der Waals surface area (Å²) in [5.74, 6) is 1.42. The van der Waals surface area contributed by atoms with Gasteiger partial charge >= 0.3 is 5.97 Å². The Balaban J connectivity index is 2.33. The van der Waals surface area contributed by atoms with Gasteiger partial charge in [-0.25, -0.2) is 0 Å². The van der Waals surface area contributed by atoms with E-state index in [0.717, 1.165) is 24.3 Å². The van der Waals surface area contributed by atoms with Crippen LogP contribution in [0, 0.1) is 0 Å². The van der Waals surface area contributed by atoms with Crippen LogP contribution in [0.1, 0.15) is 12.8 Å². The molecule has 0 aliphatic carbocycles.